The van der Waals surface area contributed by atoms with Gasteiger partial charge < -0.3 is 19.4 Å². The first-order valence-corrected chi connectivity index (χ1v) is 8.92. The van der Waals surface area contributed by atoms with Gasteiger partial charge in [-0.1, -0.05) is 6.07 Å². The molecular weight excluding hydrogens is 342 g/mol. The summed E-state index contributed by atoms with van der Waals surface area (Å²) in [5.74, 6) is 1.52. The average molecular weight is 367 g/mol. The van der Waals surface area contributed by atoms with Crippen LogP contribution in [0.5, 0.6) is 5.75 Å². The second-order valence-corrected chi connectivity index (χ2v) is 6.70. The first-order valence-electron chi connectivity index (χ1n) is 8.92. The minimum Gasteiger partial charge on any atom is -0.497 e. The zero-order chi connectivity index (χ0) is 19.6. The van der Waals surface area contributed by atoms with E-state index in [4.69, 9.17) is 9.15 Å². The number of carbonyl (C=O) groups excluding carboxylic acids is 1. The molecule has 2 amide bonds. The van der Waals surface area contributed by atoms with Crippen molar-refractivity contribution in [3.63, 3.8) is 0 Å². The number of furan rings is 1. The lowest BCUT2D eigenvalue weighted by Crippen LogP contribution is -2.40. The Hall–Kier alpha value is -3.02. The third-order valence-corrected chi connectivity index (χ3v) is 4.98. The van der Waals surface area contributed by atoms with Crippen LogP contribution in [-0.4, -0.2) is 30.1 Å². The van der Waals surface area contributed by atoms with Crippen molar-refractivity contribution in [3.8, 4) is 5.75 Å². The molecule has 0 fully saturated rings. The summed E-state index contributed by atoms with van der Waals surface area (Å²) in [4.78, 5) is 18.5. The van der Waals surface area contributed by atoms with E-state index < -0.39 is 0 Å². The molecule has 1 N–H and O–H groups in total. The number of urea groups is 1. The van der Waals surface area contributed by atoms with Crippen LogP contribution in [-0.2, 0) is 0 Å². The summed E-state index contributed by atoms with van der Waals surface area (Å²) in [6, 6.07) is 9.00. The normalized spacial score (nSPS) is 13.2. The molecule has 6 heteroatoms. The standard InChI is InChI=1S/C21H25N3O3/c1-13-18-11-17(26-5)8-9-19(18)27-20(13)14(2)23-21(25)24(4)15(3)16-7-6-10-22-12-16/h6-12,14-15H,1-5H3,(H,23,25). The predicted octanol–water partition coefficient (Wildman–Crippen LogP) is 4.61. The van der Waals surface area contributed by atoms with Crippen molar-refractivity contribution < 1.29 is 13.9 Å². The van der Waals surface area contributed by atoms with E-state index in [1.165, 1.54) is 0 Å². The number of benzene rings is 1. The van der Waals surface area contributed by atoms with Gasteiger partial charge in [-0.15, -0.1) is 0 Å². The smallest absolute Gasteiger partial charge is 0.318 e. The third-order valence-electron chi connectivity index (χ3n) is 4.98. The van der Waals surface area contributed by atoms with Crippen molar-refractivity contribution in [3.05, 3.63) is 59.6 Å². The molecule has 0 aliphatic carbocycles. The molecule has 0 spiro atoms. The fourth-order valence-electron chi connectivity index (χ4n) is 3.13. The number of fused-ring (bicyclic) bond motifs is 1. The number of aryl methyl sites for hydroxylation is 1. The quantitative estimate of drug-likeness (QED) is 0.715. The summed E-state index contributed by atoms with van der Waals surface area (Å²) in [5, 5.41) is 4.01. The Morgan fingerprint density at radius 1 is 1.30 bits per heavy atom. The Kier molecular flexibility index (Phi) is 5.35. The number of carbonyl (C=O) groups is 1. The molecule has 2 unspecified atom stereocenters. The second kappa shape index (κ2) is 7.70. The highest BCUT2D eigenvalue weighted by Crippen LogP contribution is 2.32. The Morgan fingerprint density at radius 2 is 2.07 bits per heavy atom. The highest BCUT2D eigenvalue weighted by atomic mass is 16.5. The molecule has 0 radical (unpaired) electrons. The lowest BCUT2D eigenvalue weighted by molar-refractivity contribution is 0.189. The number of hydrogen-bond donors (Lipinski definition) is 1. The average Bonchev–Trinajstić information content (AvgIpc) is 3.03. The Morgan fingerprint density at radius 3 is 2.74 bits per heavy atom. The van der Waals surface area contributed by atoms with Crippen molar-refractivity contribution in [1.29, 1.82) is 0 Å². The van der Waals surface area contributed by atoms with Crippen LogP contribution >= 0.6 is 0 Å². The van der Waals surface area contributed by atoms with Gasteiger partial charge in [0.2, 0.25) is 0 Å². The van der Waals surface area contributed by atoms with Crippen molar-refractivity contribution >= 4 is 17.0 Å². The van der Waals surface area contributed by atoms with Gasteiger partial charge in [0, 0.05) is 30.4 Å². The third kappa shape index (κ3) is 3.74. The van der Waals surface area contributed by atoms with Gasteiger partial charge >= 0.3 is 6.03 Å². The maximum atomic E-state index is 12.7. The SMILES string of the molecule is COc1ccc2oc(C(C)NC(=O)N(C)C(C)c3cccnc3)c(C)c2c1. The van der Waals surface area contributed by atoms with Crippen LogP contribution in [0.15, 0.2) is 47.1 Å². The molecule has 2 heterocycles. The largest absolute Gasteiger partial charge is 0.497 e. The monoisotopic (exact) mass is 367 g/mol. The van der Waals surface area contributed by atoms with Crippen molar-refractivity contribution in [2.24, 2.45) is 0 Å². The molecule has 2 atom stereocenters. The molecule has 0 aliphatic rings. The minimum absolute atomic E-state index is 0.0908. The summed E-state index contributed by atoms with van der Waals surface area (Å²) in [6.07, 6.45) is 3.49. The molecule has 142 valence electrons. The Bertz CT molecular complexity index is 936. The number of nitrogens with zero attached hydrogens (tertiary/aromatic N) is 2. The molecule has 2 aromatic heterocycles. The van der Waals surface area contributed by atoms with Crippen molar-refractivity contribution in [2.75, 3.05) is 14.2 Å². The molecule has 0 saturated carbocycles. The number of hydrogen-bond acceptors (Lipinski definition) is 4. The van der Waals surface area contributed by atoms with Gasteiger partial charge in [0.15, 0.2) is 0 Å². The van der Waals surface area contributed by atoms with E-state index in [2.05, 4.69) is 10.3 Å². The highest BCUT2D eigenvalue weighted by Gasteiger charge is 2.23. The Labute approximate surface area is 159 Å². The predicted molar refractivity (Wildman–Crippen MR) is 105 cm³/mol. The number of methoxy groups -OCH3 is 1. The summed E-state index contributed by atoms with van der Waals surface area (Å²) in [5.41, 5.74) is 2.76. The van der Waals surface area contributed by atoms with Gasteiger partial charge in [-0.25, -0.2) is 4.79 Å². The first-order chi connectivity index (χ1) is 12.9. The lowest BCUT2D eigenvalue weighted by atomic mass is 10.1. The van der Waals surface area contributed by atoms with Crippen LogP contribution in [0.3, 0.4) is 0 Å². The van der Waals surface area contributed by atoms with Crippen molar-refractivity contribution in [2.45, 2.75) is 32.9 Å². The van der Waals surface area contributed by atoms with Gasteiger partial charge in [0.25, 0.3) is 0 Å². The van der Waals surface area contributed by atoms with E-state index in [0.717, 1.165) is 33.6 Å². The molecule has 0 bridgehead atoms. The molecule has 1 aromatic carbocycles. The fourth-order valence-corrected chi connectivity index (χ4v) is 3.13. The molecule has 3 rings (SSSR count). The van der Waals surface area contributed by atoms with Crippen molar-refractivity contribution in [1.82, 2.24) is 15.2 Å². The van der Waals surface area contributed by atoms with Crippen LogP contribution in [0.1, 0.15) is 42.8 Å². The number of nitrogens with one attached hydrogen (secondary N) is 1. The summed E-state index contributed by atoms with van der Waals surface area (Å²) >= 11 is 0. The van der Waals surface area contributed by atoms with E-state index in [9.17, 15) is 4.79 Å². The van der Waals surface area contributed by atoms with Gasteiger partial charge in [-0.2, -0.15) is 0 Å². The maximum absolute atomic E-state index is 12.7. The summed E-state index contributed by atoms with van der Waals surface area (Å²) < 4.78 is 11.3. The van der Waals surface area contributed by atoms with E-state index >= 15 is 0 Å². The lowest BCUT2D eigenvalue weighted by Gasteiger charge is -2.26. The minimum atomic E-state index is -0.264. The van der Waals surface area contributed by atoms with Crippen LogP contribution in [0, 0.1) is 6.92 Å². The van der Waals surface area contributed by atoms with E-state index in [1.807, 2.05) is 51.1 Å². The van der Waals surface area contributed by atoms with E-state index in [1.54, 1.807) is 31.5 Å². The number of pyridine rings is 1. The molecule has 0 aliphatic heterocycles. The van der Waals surface area contributed by atoms with Crippen LogP contribution in [0.4, 0.5) is 4.79 Å². The van der Waals surface area contributed by atoms with Crippen LogP contribution in [0.25, 0.3) is 11.0 Å². The zero-order valence-corrected chi connectivity index (χ0v) is 16.3. The number of amides is 2. The molecule has 6 nitrogen and oxygen atoms in total. The topological polar surface area (TPSA) is 67.6 Å². The van der Waals surface area contributed by atoms with Gasteiger partial charge in [0.1, 0.15) is 17.1 Å². The second-order valence-electron chi connectivity index (χ2n) is 6.70. The molecule has 3 aromatic rings. The van der Waals surface area contributed by atoms with Gasteiger partial charge in [-0.05, 0) is 50.6 Å². The van der Waals surface area contributed by atoms with E-state index in [0.29, 0.717) is 0 Å². The highest BCUT2D eigenvalue weighted by molar-refractivity contribution is 5.84. The first kappa shape index (κ1) is 18.8. The molecule has 0 saturated heterocycles. The Balaban J connectivity index is 1.76. The number of aromatic nitrogens is 1. The number of rotatable bonds is 5. The number of ether oxygens (including phenoxy) is 1. The summed E-state index contributed by atoms with van der Waals surface area (Å²) in [7, 11) is 3.41. The molecule has 27 heavy (non-hydrogen) atoms. The fraction of sp³-hybridized carbons (Fsp3) is 0.333. The van der Waals surface area contributed by atoms with Crippen LogP contribution in [0.2, 0.25) is 0 Å². The van der Waals surface area contributed by atoms with E-state index in [-0.39, 0.29) is 18.1 Å². The van der Waals surface area contributed by atoms with Gasteiger partial charge in [0.05, 0.1) is 19.2 Å². The zero-order valence-electron chi connectivity index (χ0n) is 16.3. The van der Waals surface area contributed by atoms with Gasteiger partial charge in [-0.3, -0.25) is 4.98 Å². The molecular formula is C21H25N3O3. The maximum Gasteiger partial charge on any atom is 0.318 e. The summed E-state index contributed by atoms with van der Waals surface area (Å²) in [6.45, 7) is 5.88. The van der Waals surface area contributed by atoms with Crippen LogP contribution < -0.4 is 10.1 Å².